The Labute approximate surface area is 134 Å². The van der Waals surface area contributed by atoms with Crippen LogP contribution in [0, 0.1) is 0 Å². The SMILES string of the molecule is C=c1c(N)c(NCc2cccc(Cl)c2)c(=C)c2ccccc12. The first kappa shape index (κ1) is 14.5. The van der Waals surface area contributed by atoms with Crippen LogP contribution >= 0.6 is 11.6 Å². The van der Waals surface area contributed by atoms with Crippen molar-refractivity contribution in [3.05, 3.63) is 69.6 Å². The Morgan fingerprint density at radius 1 is 0.955 bits per heavy atom. The third-order valence-electron chi connectivity index (χ3n) is 3.83. The molecule has 0 aliphatic rings. The molecule has 22 heavy (non-hydrogen) atoms. The molecule has 0 aliphatic heterocycles. The molecule has 0 saturated heterocycles. The van der Waals surface area contributed by atoms with Gasteiger partial charge in [-0.3, -0.25) is 0 Å². The van der Waals surface area contributed by atoms with Gasteiger partial charge in [-0.1, -0.05) is 61.2 Å². The van der Waals surface area contributed by atoms with Gasteiger partial charge in [0, 0.05) is 22.0 Å². The van der Waals surface area contributed by atoms with Crippen LogP contribution in [0.15, 0.2) is 48.5 Å². The maximum Gasteiger partial charge on any atom is 0.0656 e. The first-order valence-electron chi connectivity index (χ1n) is 7.04. The second-order valence-corrected chi connectivity index (χ2v) is 5.71. The number of rotatable bonds is 3. The van der Waals surface area contributed by atoms with Crippen molar-refractivity contribution in [3.8, 4) is 0 Å². The highest BCUT2D eigenvalue weighted by molar-refractivity contribution is 6.30. The van der Waals surface area contributed by atoms with E-state index in [-0.39, 0.29) is 0 Å². The summed E-state index contributed by atoms with van der Waals surface area (Å²) < 4.78 is 0. The van der Waals surface area contributed by atoms with Gasteiger partial charge in [-0.25, -0.2) is 0 Å². The van der Waals surface area contributed by atoms with Gasteiger partial charge in [0.05, 0.1) is 11.4 Å². The van der Waals surface area contributed by atoms with E-state index >= 15 is 0 Å². The monoisotopic (exact) mass is 308 g/mol. The van der Waals surface area contributed by atoms with Crippen LogP contribution in [0.2, 0.25) is 5.02 Å². The zero-order valence-electron chi connectivity index (χ0n) is 12.2. The molecule has 0 aromatic heterocycles. The third kappa shape index (κ3) is 2.53. The molecule has 2 nitrogen and oxygen atoms in total. The number of nitrogen functional groups attached to an aromatic ring is 1. The molecule has 3 rings (SSSR count). The number of nitrogens with two attached hydrogens (primary N) is 1. The lowest BCUT2D eigenvalue weighted by Gasteiger charge is -2.13. The van der Waals surface area contributed by atoms with Crippen LogP contribution in [0.3, 0.4) is 0 Å². The first-order valence-corrected chi connectivity index (χ1v) is 7.42. The van der Waals surface area contributed by atoms with Crippen molar-refractivity contribution >= 4 is 46.9 Å². The Kier molecular flexibility index (Phi) is 3.78. The lowest BCUT2D eigenvalue weighted by Crippen LogP contribution is -2.21. The maximum absolute atomic E-state index is 6.25. The predicted octanol–water partition coefficient (Wildman–Crippen LogP) is 3.51. The Balaban J connectivity index is 2.04. The van der Waals surface area contributed by atoms with Gasteiger partial charge >= 0.3 is 0 Å². The van der Waals surface area contributed by atoms with E-state index in [9.17, 15) is 0 Å². The van der Waals surface area contributed by atoms with E-state index in [0.29, 0.717) is 12.2 Å². The fraction of sp³-hybridized carbons (Fsp3) is 0.0526. The zero-order valence-corrected chi connectivity index (χ0v) is 13.0. The lowest BCUT2D eigenvalue weighted by atomic mass is 10.0. The summed E-state index contributed by atoms with van der Waals surface area (Å²) in [5.74, 6) is 0. The minimum atomic E-state index is 0.630. The minimum Gasteiger partial charge on any atom is -0.397 e. The number of hydrogen-bond donors (Lipinski definition) is 2. The third-order valence-corrected chi connectivity index (χ3v) is 4.07. The van der Waals surface area contributed by atoms with Crippen LogP contribution in [0.4, 0.5) is 11.4 Å². The van der Waals surface area contributed by atoms with E-state index in [1.807, 2.05) is 48.5 Å². The molecule has 0 saturated carbocycles. The summed E-state index contributed by atoms with van der Waals surface area (Å²) in [6.45, 7) is 8.92. The molecule has 3 aromatic carbocycles. The highest BCUT2D eigenvalue weighted by Crippen LogP contribution is 2.17. The molecule has 3 heteroatoms. The number of fused-ring (bicyclic) bond motifs is 1. The largest absolute Gasteiger partial charge is 0.397 e. The maximum atomic E-state index is 6.25. The Morgan fingerprint density at radius 2 is 1.64 bits per heavy atom. The van der Waals surface area contributed by atoms with E-state index in [2.05, 4.69) is 18.5 Å². The van der Waals surface area contributed by atoms with Crippen LogP contribution in [0.5, 0.6) is 0 Å². The second kappa shape index (κ2) is 5.74. The summed E-state index contributed by atoms with van der Waals surface area (Å²) in [4.78, 5) is 0. The van der Waals surface area contributed by atoms with Gasteiger partial charge in [-0.15, -0.1) is 0 Å². The van der Waals surface area contributed by atoms with Gasteiger partial charge in [-0.2, -0.15) is 0 Å². The fourth-order valence-electron chi connectivity index (χ4n) is 2.64. The van der Waals surface area contributed by atoms with Crippen molar-refractivity contribution in [2.24, 2.45) is 0 Å². The molecule has 0 amide bonds. The molecule has 0 heterocycles. The number of anilines is 2. The number of hydrogen-bond acceptors (Lipinski definition) is 2. The molecular weight excluding hydrogens is 292 g/mol. The van der Waals surface area contributed by atoms with Crippen LogP contribution in [-0.2, 0) is 6.54 Å². The highest BCUT2D eigenvalue weighted by Gasteiger charge is 2.07. The van der Waals surface area contributed by atoms with Crippen LogP contribution in [0.25, 0.3) is 23.9 Å². The predicted molar refractivity (Wildman–Crippen MR) is 97.4 cm³/mol. The van der Waals surface area contributed by atoms with Crippen LogP contribution < -0.4 is 21.5 Å². The van der Waals surface area contributed by atoms with E-state index in [0.717, 1.165) is 37.5 Å². The second-order valence-electron chi connectivity index (χ2n) is 5.27. The molecule has 0 atom stereocenters. The average molecular weight is 309 g/mol. The van der Waals surface area contributed by atoms with Crippen molar-refractivity contribution in [2.45, 2.75) is 6.54 Å². The topological polar surface area (TPSA) is 38.0 Å². The Hall–Kier alpha value is -2.45. The van der Waals surface area contributed by atoms with Crippen molar-refractivity contribution in [1.29, 1.82) is 0 Å². The number of nitrogens with one attached hydrogen (secondary N) is 1. The molecule has 0 spiro atoms. The van der Waals surface area contributed by atoms with Crippen molar-refractivity contribution < 1.29 is 0 Å². The molecule has 0 unspecified atom stereocenters. The minimum absolute atomic E-state index is 0.630. The highest BCUT2D eigenvalue weighted by atomic mass is 35.5. The normalized spacial score (nSPS) is 10.8. The van der Waals surface area contributed by atoms with E-state index in [1.165, 1.54) is 0 Å². The van der Waals surface area contributed by atoms with Crippen LogP contribution in [0.1, 0.15) is 5.56 Å². The summed E-state index contributed by atoms with van der Waals surface area (Å²) in [5.41, 5.74) is 8.82. The molecule has 0 bridgehead atoms. The number of benzene rings is 3. The van der Waals surface area contributed by atoms with E-state index < -0.39 is 0 Å². The van der Waals surface area contributed by atoms with Crippen molar-refractivity contribution in [2.75, 3.05) is 11.1 Å². The smallest absolute Gasteiger partial charge is 0.0656 e. The average Bonchev–Trinajstić information content (AvgIpc) is 2.53. The Bertz CT molecular complexity index is 948. The standard InChI is InChI=1S/C19H17ClN2/c1-12-16-8-3-4-9-17(16)13(2)19(18(12)21)22-11-14-6-5-7-15(20)10-14/h3-10,22H,1-2,11,21H2. The first-order chi connectivity index (χ1) is 10.6. The van der Waals surface area contributed by atoms with Gasteiger partial charge < -0.3 is 11.1 Å². The molecule has 0 radical (unpaired) electrons. The lowest BCUT2D eigenvalue weighted by molar-refractivity contribution is 1.15. The van der Waals surface area contributed by atoms with Crippen molar-refractivity contribution in [1.82, 2.24) is 0 Å². The molecule has 110 valence electrons. The van der Waals surface area contributed by atoms with Gasteiger partial charge in [0.2, 0.25) is 0 Å². The molecular formula is C19H17ClN2. The summed E-state index contributed by atoms with van der Waals surface area (Å²) >= 11 is 6.02. The van der Waals surface area contributed by atoms with Gasteiger partial charge in [0.1, 0.15) is 0 Å². The summed E-state index contributed by atoms with van der Waals surface area (Å²) in [7, 11) is 0. The van der Waals surface area contributed by atoms with E-state index in [4.69, 9.17) is 17.3 Å². The van der Waals surface area contributed by atoms with Gasteiger partial charge in [-0.05, 0) is 28.5 Å². The molecule has 3 N–H and O–H groups in total. The fourth-order valence-corrected chi connectivity index (χ4v) is 2.85. The Morgan fingerprint density at radius 3 is 2.32 bits per heavy atom. The summed E-state index contributed by atoms with van der Waals surface area (Å²) in [6.07, 6.45) is 0. The van der Waals surface area contributed by atoms with Crippen molar-refractivity contribution in [3.63, 3.8) is 0 Å². The summed E-state index contributed by atoms with van der Waals surface area (Å²) in [5, 5.41) is 7.92. The van der Waals surface area contributed by atoms with Gasteiger partial charge in [0.25, 0.3) is 0 Å². The zero-order chi connectivity index (χ0) is 15.7. The van der Waals surface area contributed by atoms with Crippen LogP contribution in [-0.4, -0.2) is 0 Å². The summed E-state index contributed by atoms with van der Waals surface area (Å²) in [6, 6.07) is 15.8. The molecule has 0 aliphatic carbocycles. The quantitative estimate of drug-likeness (QED) is 0.727. The molecule has 0 fully saturated rings. The molecule has 3 aromatic rings. The van der Waals surface area contributed by atoms with Gasteiger partial charge in [0.15, 0.2) is 0 Å². The van der Waals surface area contributed by atoms with E-state index in [1.54, 1.807) is 0 Å². The number of halogens is 1.